The van der Waals surface area contributed by atoms with Crippen LogP contribution in [0.25, 0.3) is 5.52 Å². The second-order valence-electron chi connectivity index (χ2n) is 4.17. The van der Waals surface area contributed by atoms with Crippen LogP contribution >= 0.6 is 11.6 Å². The Hall–Kier alpha value is -1.26. The highest BCUT2D eigenvalue weighted by Gasteiger charge is 2.12. The van der Waals surface area contributed by atoms with Gasteiger partial charge in [-0.15, -0.1) is 0 Å². The maximum Gasteiger partial charge on any atom is 0.155 e. The number of aromatic nitrogens is 2. The Bertz CT molecular complexity index is 518. The van der Waals surface area contributed by atoms with Crippen molar-refractivity contribution in [2.75, 3.05) is 32.6 Å². The third-order valence-electron chi connectivity index (χ3n) is 2.72. The number of pyridine rings is 1. The molecule has 0 spiro atoms. The first kappa shape index (κ1) is 12.2. The third-order valence-corrected chi connectivity index (χ3v) is 3.00. The summed E-state index contributed by atoms with van der Waals surface area (Å²) in [5.41, 5.74) is 0.962. The first-order chi connectivity index (χ1) is 8.15. The summed E-state index contributed by atoms with van der Waals surface area (Å²) in [6.45, 7) is 0.886. The van der Waals surface area contributed by atoms with Crippen LogP contribution in [-0.4, -0.2) is 37.1 Å². The average Bonchev–Trinajstić information content (AvgIpc) is 2.64. The predicted molar refractivity (Wildman–Crippen MR) is 72.2 cm³/mol. The number of anilines is 1. The van der Waals surface area contributed by atoms with Gasteiger partial charge in [-0.1, -0.05) is 17.7 Å². The van der Waals surface area contributed by atoms with E-state index < -0.39 is 0 Å². The smallest absolute Gasteiger partial charge is 0.155 e. The van der Waals surface area contributed by atoms with Crippen LogP contribution in [-0.2, 0) is 6.42 Å². The van der Waals surface area contributed by atoms with E-state index in [0.717, 1.165) is 30.1 Å². The van der Waals surface area contributed by atoms with Crippen molar-refractivity contribution in [2.45, 2.75) is 6.42 Å². The number of hydrogen-bond acceptors (Lipinski definition) is 3. The van der Waals surface area contributed by atoms with Crippen LogP contribution in [0.5, 0.6) is 0 Å². The normalized spacial score (nSPS) is 11.1. The summed E-state index contributed by atoms with van der Waals surface area (Å²) in [6.07, 6.45) is 0.856. The molecule has 4 nitrogen and oxygen atoms in total. The van der Waals surface area contributed by atoms with E-state index in [4.69, 9.17) is 11.6 Å². The van der Waals surface area contributed by atoms with Crippen LogP contribution in [0.2, 0.25) is 5.15 Å². The van der Waals surface area contributed by atoms with Gasteiger partial charge in [0.15, 0.2) is 5.15 Å². The highest BCUT2D eigenvalue weighted by molar-refractivity contribution is 6.32. The standard InChI is InChI=1S/C12H17ClN4/c1-14-8-7-10-15-12(13)9-5-4-6-11(16(2)3)17(9)10/h4-6,14H,7-8H2,1-3H3. The maximum atomic E-state index is 6.16. The van der Waals surface area contributed by atoms with Gasteiger partial charge in [0, 0.05) is 27.1 Å². The van der Waals surface area contributed by atoms with Gasteiger partial charge in [0.25, 0.3) is 0 Å². The molecule has 0 aliphatic rings. The summed E-state index contributed by atoms with van der Waals surface area (Å²) < 4.78 is 2.11. The molecule has 2 aromatic heterocycles. The van der Waals surface area contributed by atoms with Crippen molar-refractivity contribution < 1.29 is 0 Å². The molecule has 2 rings (SSSR count). The molecule has 0 saturated heterocycles. The number of imidazole rings is 1. The first-order valence-corrected chi connectivity index (χ1v) is 6.00. The van der Waals surface area contributed by atoms with Crippen LogP contribution in [0.4, 0.5) is 5.82 Å². The number of likely N-dealkylation sites (N-methyl/N-ethyl adjacent to an activating group) is 1. The molecule has 0 bridgehead atoms. The van der Waals surface area contributed by atoms with Gasteiger partial charge in [-0.05, 0) is 19.2 Å². The number of hydrogen-bond donors (Lipinski definition) is 1. The van der Waals surface area contributed by atoms with E-state index in [2.05, 4.69) is 25.7 Å². The number of fused-ring (bicyclic) bond motifs is 1. The highest BCUT2D eigenvalue weighted by Crippen LogP contribution is 2.24. The summed E-state index contributed by atoms with van der Waals surface area (Å²) in [6, 6.07) is 6.05. The van der Waals surface area contributed by atoms with E-state index in [1.165, 1.54) is 0 Å². The van der Waals surface area contributed by atoms with E-state index in [0.29, 0.717) is 5.15 Å². The number of nitrogens with zero attached hydrogens (tertiary/aromatic N) is 3. The Balaban J connectivity index is 2.59. The van der Waals surface area contributed by atoms with Crippen LogP contribution in [0.15, 0.2) is 18.2 Å². The molecule has 0 aliphatic heterocycles. The van der Waals surface area contributed by atoms with Crippen molar-refractivity contribution in [1.29, 1.82) is 0 Å². The monoisotopic (exact) mass is 252 g/mol. The fourth-order valence-corrected chi connectivity index (χ4v) is 2.15. The van der Waals surface area contributed by atoms with Gasteiger partial charge in [-0.25, -0.2) is 4.98 Å². The minimum absolute atomic E-state index is 0.569. The molecule has 1 N–H and O–H groups in total. The van der Waals surface area contributed by atoms with Crippen molar-refractivity contribution in [1.82, 2.24) is 14.7 Å². The largest absolute Gasteiger partial charge is 0.364 e. The van der Waals surface area contributed by atoms with Crippen LogP contribution in [0.3, 0.4) is 0 Å². The molecular formula is C12H17ClN4. The average molecular weight is 253 g/mol. The highest BCUT2D eigenvalue weighted by atomic mass is 35.5. The number of nitrogens with one attached hydrogen (secondary N) is 1. The second kappa shape index (κ2) is 4.94. The molecule has 2 heterocycles. The van der Waals surface area contributed by atoms with E-state index in [-0.39, 0.29) is 0 Å². The van der Waals surface area contributed by atoms with Crippen molar-refractivity contribution in [3.63, 3.8) is 0 Å². The Morgan fingerprint density at radius 3 is 2.82 bits per heavy atom. The quantitative estimate of drug-likeness (QED) is 0.901. The third kappa shape index (κ3) is 2.23. The van der Waals surface area contributed by atoms with Gasteiger partial charge in [0.05, 0.1) is 5.52 Å². The van der Waals surface area contributed by atoms with Gasteiger partial charge in [0.2, 0.25) is 0 Å². The lowest BCUT2D eigenvalue weighted by molar-refractivity contribution is 0.751. The summed E-state index contributed by atoms with van der Waals surface area (Å²) >= 11 is 6.16. The fraction of sp³-hybridized carbons (Fsp3) is 0.417. The van der Waals surface area contributed by atoms with E-state index >= 15 is 0 Å². The molecule has 0 radical (unpaired) electrons. The number of rotatable bonds is 4. The van der Waals surface area contributed by atoms with Crippen molar-refractivity contribution in [3.8, 4) is 0 Å². The molecule has 0 atom stereocenters. The van der Waals surface area contributed by atoms with Crippen LogP contribution in [0.1, 0.15) is 5.82 Å². The van der Waals surface area contributed by atoms with Crippen molar-refractivity contribution in [3.05, 3.63) is 29.2 Å². The van der Waals surface area contributed by atoms with Gasteiger partial charge >= 0.3 is 0 Å². The fourth-order valence-electron chi connectivity index (χ4n) is 1.90. The predicted octanol–water partition coefficient (Wildman–Crippen LogP) is 1.82. The van der Waals surface area contributed by atoms with Crippen molar-refractivity contribution >= 4 is 22.9 Å². The second-order valence-corrected chi connectivity index (χ2v) is 4.53. The Labute approximate surface area is 106 Å². The van der Waals surface area contributed by atoms with Crippen LogP contribution in [0, 0.1) is 0 Å². The lowest BCUT2D eigenvalue weighted by Gasteiger charge is -2.16. The zero-order valence-corrected chi connectivity index (χ0v) is 11.1. The van der Waals surface area contributed by atoms with Crippen LogP contribution < -0.4 is 10.2 Å². The minimum Gasteiger partial charge on any atom is -0.364 e. The summed E-state index contributed by atoms with van der Waals surface area (Å²) in [5.74, 6) is 2.08. The maximum absolute atomic E-state index is 6.16. The molecule has 0 fully saturated rings. The van der Waals surface area contributed by atoms with Crippen molar-refractivity contribution in [2.24, 2.45) is 0 Å². The Morgan fingerprint density at radius 2 is 2.18 bits per heavy atom. The summed E-state index contributed by atoms with van der Waals surface area (Å²) in [7, 11) is 5.97. The molecule has 0 aliphatic carbocycles. The van der Waals surface area contributed by atoms with Gasteiger partial charge in [0.1, 0.15) is 11.6 Å². The molecular weight excluding hydrogens is 236 g/mol. The molecule has 0 unspecified atom stereocenters. The molecule has 5 heteroatoms. The Kier molecular flexibility index (Phi) is 3.54. The van der Waals surface area contributed by atoms with Gasteiger partial charge in [-0.3, -0.25) is 4.40 Å². The Morgan fingerprint density at radius 1 is 1.41 bits per heavy atom. The van der Waals surface area contributed by atoms with E-state index in [1.54, 1.807) is 0 Å². The van der Waals surface area contributed by atoms with Gasteiger partial charge in [-0.2, -0.15) is 0 Å². The van der Waals surface area contributed by atoms with E-state index in [9.17, 15) is 0 Å². The molecule has 0 aromatic carbocycles. The topological polar surface area (TPSA) is 32.6 Å². The minimum atomic E-state index is 0.569. The zero-order chi connectivity index (χ0) is 12.4. The first-order valence-electron chi connectivity index (χ1n) is 5.63. The summed E-state index contributed by atoms with van der Waals surface area (Å²) in [5, 5.41) is 3.70. The SMILES string of the molecule is CNCCc1nc(Cl)c2cccc(N(C)C)n12. The molecule has 17 heavy (non-hydrogen) atoms. The molecule has 92 valence electrons. The zero-order valence-electron chi connectivity index (χ0n) is 10.4. The molecule has 0 saturated carbocycles. The molecule has 2 aromatic rings. The van der Waals surface area contributed by atoms with E-state index in [1.807, 2.05) is 33.3 Å². The number of halogens is 1. The molecule has 0 amide bonds. The lowest BCUT2D eigenvalue weighted by Crippen LogP contribution is -2.16. The summed E-state index contributed by atoms with van der Waals surface area (Å²) in [4.78, 5) is 6.50. The lowest BCUT2D eigenvalue weighted by atomic mass is 10.3. The van der Waals surface area contributed by atoms with Gasteiger partial charge < -0.3 is 10.2 Å².